The van der Waals surface area contributed by atoms with Gasteiger partial charge in [0.25, 0.3) is 0 Å². The second-order valence-corrected chi connectivity index (χ2v) is 4.84. The molecule has 1 nitrogen and oxygen atoms in total. The quantitative estimate of drug-likeness (QED) is 0.679. The van der Waals surface area contributed by atoms with Gasteiger partial charge >= 0.3 is 0 Å². The van der Waals surface area contributed by atoms with E-state index in [4.69, 9.17) is 0 Å². The molecule has 0 heterocycles. The summed E-state index contributed by atoms with van der Waals surface area (Å²) in [5.74, 6) is 0.865. The maximum Gasteiger partial charge on any atom is -0.00206 e. The van der Waals surface area contributed by atoms with Gasteiger partial charge < -0.3 is 5.32 Å². The smallest absolute Gasteiger partial charge is 0.00206 e. The molecule has 1 rings (SSSR count). The SMILES string of the molecule is CCCC(CCCc1ccccc1)CNCC. The number of aryl methyl sites for hydroxylation is 1. The first kappa shape index (κ1) is 14.2. The minimum Gasteiger partial charge on any atom is -0.317 e. The summed E-state index contributed by atoms with van der Waals surface area (Å²) >= 11 is 0. The van der Waals surface area contributed by atoms with Crippen LogP contribution in [0, 0.1) is 5.92 Å². The van der Waals surface area contributed by atoms with Crippen molar-refractivity contribution < 1.29 is 0 Å². The van der Waals surface area contributed by atoms with Crippen molar-refractivity contribution in [2.45, 2.75) is 46.0 Å². The van der Waals surface area contributed by atoms with E-state index < -0.39 is 0 Å². The first-order chi connectivity index (χ1) is 8.36. The van der Waals surface area contributed by atoms with Crippen molar-refractivity contribution >= 4 is 0 Å². The molecule has 0 aliphatic carbocycles. The van der Waals surface area contributed by atoms with Gasteiger partial charge in [-0.3, -0.25) is 0 Å². The minimum absolute atomic E-state index is 0.865. The van der Waals surface area contributed by atoms with Gasteiger partial charge in [0, 0.05) is 0 Å². The fourth-order valence-electron chi connectivity index (χ4n) is 2.34. The lowest BCUT2D eigenvalue weighted by Gasteiger charge is -2.16. The Hall–Kier alpha value is -0.820. The molecule has 0 spiro atoms. The highest BCUT2D eigenvalue weighted by atomic mass is 14.8. The van der Waals surface area contributed by atoms with Crippen molar-refractivity contribution in [1.82, 2.24) is 5.32 Å². The van der Waals surface area contributed by atoms with Crippen LogP contribution >= 0.6 is 0 Å². The summed E-state index contributed by atoms with van der Waals surface area (Å²) < 4.78 is 0. The number of hydrogen-bond acceptors (Lipinski definition) is 1. The molecule has 0 saturated heterocycles. The van der Waals surface area contributed by atoms with Gasteiger partial charge in [-0.1, -0.05) is 50.6 Å². The van der Waals surface area contributed by atoms with Crippen molar-refractivity contribution in [3.05, 3.63) is 35.9 Å². The zero-order valence-corrected chi connectivity index (χ0v) is 11.4. The normalized spacial score (nSPS) is 12.6. The van der Waals surface area contributed by atoms with Gasteiger partial charge in [-0.15, -0.1) is 0 Å². The third-order valence-electron chi connectivity index (χ3n) is 3.30. The van der Waals surface area contributed by atoms with Gasteiger partial charge in [-0.2, -0.15) is 0 Å². The Labute approximate surface area is 107 Å². The molecule has 1 atom stereocenters. The first-order valence-electron chi connectivity index (χ1n) is 7.11. The predicted octanol–water partition coefficient (Wildman–Crippen LogP) is 4.04. The first-order valence-corrected chi connectivity index (χ1v) is 7.11. The van der Waals surface area contributed by atoms with Gasteiger partial charge in [-0.25, -0.2) is 0 Å². The zero-order valence-electron chi connectivity index (χ0n) is 11.4. The lowest BCUT2D eigenvalue weighted by atomic mass is 9.95. The monoisotopic (exact) mass is 233 g/mol. The zero-order chi connectivity index (χ0) is 12.3. The largest absolute Gasteiger partial charge is 0.317 e. The topological polar surface area (TPSA) is 12.0 Å². The average Bonchev–Trinajstić information content (AvgIpc) is 2.37. The maximum atomic E-state index is 3.48. The molecule has 0 fully saturated rings. The summed E-state index contributed by atoms with van der Waals surface area (Å²) in [5.41, 5.74) is 1.48. The molecular formula is C16H27N. The fraction of sp³-hybridized carbons (Fsp3) is 0.625. The van der Waals surface area contributed by atoms with Crippen LogP contribution in [0.4, 0.5) is 0 Å². The molecule has 0 radical (unpaired) electrons. The molecule has 0 aliphatic rings. The minimum atomic E-state index is 0.865. The third-order valence-corrected chi connectivity index (χ3v) is 3.30. The van der Waals surface area contributed by atoms with Crippen molar-refractivity contribution in [2.75, 3.05) is 13.1 Å². The van der Waals surface area contributed by atoms with Crippen LogP contribution in [0.25, 0.3) is 0 Å². The Bertz CT molecular complexity index is 268. The van der Waals surface area contributed by atoms with Crippen LogP contribution in [0.2, 0.25) is 0 Å². The summed E-state index contributed by atoms with van der Waals surface area (Å²) in [6.45, 7) is 6.77. The molecule has 1 unspecified atom stereocenters. The molecule has 17 heavy (non-hydrogen) atoms. The second-order valence-electron chi connectivity index (χ2n) is 4.84. The van der Waals surface area contributed by atoms with E-state index in [1.165, 1.54) is 44.2 Å². The summed E-state index contributed by atoms with van der Waals surface area (Å²) in [6, 6.07) is 10.8. The third kappa shape index (κ3) is 6.48. The molecule has 1 N–H and O–H groups in total. The molecule has 0 bridgehead atoms. The van der Waals surface area contributed by atoms with Crippen molar-refractivity contribution in [3.63, 3.8) is 0 Å². The molecule has 1 aromatic rings. The Morgan fingerprint density at radius 3 is 2.47 bits per heavy atom. The molecule has 1 heteroatoms. The van der Waals surface area contributed by atoms with Crippen LogP contribution in [0.3, 0.4) is 0 Å². The standard InChI is InChI=1S/C16H27N/c1-3-9-16(14-17-4-2)13-8-12-15-10-6-5-7-11-15/h5-7,10-11,16-17H,3-4,8-9,12-14H2,1-2H3. The highest BCUT2D eigenvalue weighted by Crippen LogP contribution is 2.15. The number of nitrogens with one attached hydrogen (secondary N) is 1. The van der Waals surface area contributed by atoms with E-state index in [0.29, 0.717) is 0 Å². The average molecular weight is 233 g/mol. The maximum absolute atomic E-state index is 3.48. The summed E-state index contributed by atoms with van der Waals surface area (Å²) in [4.78, 5) is 0. The lowest BCUT2D eigenvalue weighted by Crippen LogP contribution is -2.22. The van der Waals surface area contributed by atoms with E-state index >= 15 is 0 Å². The van der Waals surface area contributed by atoms with E-state index in [1.54, 1.807) is 0 Å². The summed E-state index contributed by atoms with van der Waals surface area (Å²) in [7, 11) is 0. The van der Waals surface area contributed by atoms with Gasteiger partial charge in [0.05, 0.1) is 0 Å². The molecule has 0 amide bonds. The Balaban J connectivity index is 2.22. The number of benzene rings is 1. The predicted molar refractivity (Wildman–Crippen MR) is 76.3 cm³/mol. The summed E-state index contributed by atoms with van der Waals surface area (Å²) in [6.07, 6.45) is 6.58. The molecule has 0 saturated carbocycles. The van der Waals surface area contributed by atoms with Gasteiger partial charge in [-0.05, 0) is 50.3 Å². The lowest BCUT2D eigenvalue weighted by molar-refractivity contribution is 0.408. The van der Waals surface area contributed by atoms with E-state index in [-0.39, 0.29) is 0 Å². The van der Waals surface area contributed by atoms with Gasteiger partial charge in [0.1, 0.15) is 0 Å². The van der Waals surface area contributed by atoms with Crippen LogP contribution in [0.1, 0.15) is 45.1 Å². The van der Waals surface area contributed by atoms with E-state index in [2.05, 4.69) is 49.5 Å². The van der Waals surface area contributed by atoms with Crippen LogP contribution in [0.5, 0.6) is 0 Å². The highest BCUT2D eigenvalue weighted by molar-refractivity contribution is 5.14. The molecular weight excluding hydrogens is 206 g/mol. The fourth-order valence-corrected chi connectivity index (χ4v) is 2.34. The molecule has 96 valence electrons. The van der Waals surface area contributed by atoms with Crippen LogP contribution in [-0.2, 0) is 6.42 Å². The van der Waals surface area contributed by atoms with Gasteiger partial charge in [0.15, 0.2) is 0 Å². The molecule has 1 aromatic carbocycles. The van der Waals surface area contributed by atoms with E-state index in [0.717, 1.165) is 12.5 Å². The van der Waals surface area contributed by atoms with Crippen LogP contribution < -0.4 is 5.32 Å². The van der Waals surface area contributed by atoms with Crippen molar-refractivity contribution in [1.29, 1.82) is 0 Å². The van der Waals surface area contributed by atoms with Gasteiger partial charge in [0.2, 0.25) is 0 Å². The molecule has 0 aromatic heterocycles. The van der Waals surface area contributed by atoms with E-state index in [1.807, 2.05) is 0 Å². The van der Waals surface area contributed by atoms with Crippen molar-refractivity contribution in [3.8, 4) is 0 Å². The number of rotatable bonds is 9. The van der Waals surface area contributed by atoms with Crippen LogP contribution in [-0.4, -0.2) is 13.1 Å². The highest BCUT2D eigenvalue weighted by Gasteiger charge is 2.06. The Kier molecular flexibility index (Phi) is 7.74. The number of hydrogen-bond donors (Lipinski definition) is 1. The van der Waals surface area contributed by atoms with E-state index in [9.17, 15) is 0 Å². The Morgan fingerprint density at radius 2 is 1.82 bits per heavy atom. The molecule has 0 aliphatic heterocycles. The van der Waals surface area contributed by atoms with Crippen LogP contribution in [0.15, 0.2) is 30.3 Å². The van der Waals surface area contributed by atoms with Crippen molar-refractivity contribution in [2.24, 2.45) is 5.92 Å². The summed E-state index contributed by atoms with van der Waals surface area (Å²) in [5, 5.41) is 3.48. The Morgan fingerprint density at radius 1 is 1.06 bits per heavy atom. The second kappa shape index (κ2) is 9.23.